The number of rotatable bonds is 3. The molecule has 1 aromatic carbocycles. The number of benzene rings is 1. The molecule has 1 aliphatic heterocycles. The molecule has 4 rings (SSSR count). The Kier molecular flexibility index (Phi) is 4.24. The fraction of sp³-hybridized carbons (Fsp3) is 0.238. The number of aromatic amines is 1. The van der Waals surface area contributed by atoms with E-state index in [1.54, 1.807) is 0 Å². The molecule has 0 bridgehead atoms. The minimum Gasteiger partial charge on any atom is -0.362 e. The molecule has 1 saturated heterocycles. The van der Waals surface area contributed by atoms with Gasteiger partial charge >= 0.3 is 0 Å². The van der Waals surface area contributed by atoms with Gasteiger partial charge in [-0.15, -0.1) is 0 Å². The lowest BCUT2D eigenvalue weighted by atomic mass is 9.96. The molecule has 5 heteroatoms. The van der Waals surface area contributed by atoms with Gasteiger partial charge in [-0.1, -0.05) is 23.8 Å². The summed E-state index contributed by atoms with van der Waals surface area (Å²) in [6, 6.07) is 16.8. The van der Waals surface area contributed by atoms with Crippen LogP contribution in [0.25, 0.3) is 0 Å². The number of hydrogen-bond acceptors (Lipinski definition) is 2. The van der Waals surface area contributed by atoms with E-state index in [0.29, 0.717) is 0 Å². The zero-order valence-electron chi connectivity index (χ0n) is 15.2. The number of thiocarbonyl (C=S) groups is 1. The van der Waals surface area contributed by atoms with Gasteiger partial charge in [0.2, 0.25) is 0 Å². The van der Waals surface area contributed by atoms with Crippen LogP contribution in [0.4, 0.5) is 5.69 Å². The molecule has 2 atom stereocenters. The van der Waals surface area contributed by atoms with Crippen LogP contribution in [0.15, 0.2) is 54.7 Å². The molecule has 2 N–H and O–H groups in total. The molecule has 0 radical (unpaired) electrons. The Balaban J connectivity index is 1.85. The number of nitrogens with zero attached hydrogens (tertiary/aromatic N) is 2. The predicted octanol–water partition coefficient (Wildman–Crippen LogP) is 4.51. The average Bonchev–Trinajstić information content (AvgIpc) is 3.15. The third kappa shape index (κ3) is 2.88. The van der Waals surface area contributed by atoms with E-state index in [2.05, 4.69) is 77.4 Å². The molecular formula is C21H22N4S. The van der Waals surface area contributed by atoms with E-state index in [-0.39, 0.29) is 12.1 Å². The lowest BCUT2D eigenvalue weighted by Gasteiger charge is -2.28. The smallest absolute Gasteiger partial charge is 0.174 e. The van der Waals surface area contributed by atoms with E-state index in [1.165, 1.54) is 11.1 Å². The molecule has 0 amide bonds. The highest BCUT2D eigenvalue weighted by molar-refractivity contribution is 7.80. The normalized spacial score (nSPS) is 19.7. The van der Waals surface area contributed by atoms with Crippen LogP contribution in [0.5, 0.6) is 0 Å². The van der Waals surface area contributed by atoms with Crippen LogP contribution in [0.3, 0.4) is 0 Å². The maximum atomic E-state index is 5.74. The van der Waals surface area contributed by atoms with Crippen LogP contribution < -0.4 is 10.2 Å². The largest absolute Gasteiger partial charge is 0.362 e. The first-order valence-corrected chi connectivity index (χ1v) is 9.19. The zero-order chi connectivity index (χ0) is 18.3. The van der Waals surface area contributed by atoms with Crippen molar-refractivity contribution in [3.05, 3.63) is 82.9 Å². The number of pyridine rings is 1. The Bertz CT molecular complexity index is 930. The van der Waals surface area contributed by atoms with E-state index >= 15 is 0 Å². The Morgan fingerprint density at radius 1 is 1.04 bits per heavy atom. The molecule has 1 aliphatic rings. The van der Waals surface area contributed by atoms with Crippen molar-refractivity contribution in [3.63, 3.8) is 0 Å². The van der Waals surface area contributed by atoms with Crippen molar-refractivity contribution in [1.29, 1.82) is 0 Å². The van der Waals surface area contributed by atoms with Gasteiger partial charge in [0.15, 0.2) is 5.11 Å². The number of aryl methyl sites for hydroxylation is 3. The number of H-pyrrole nitrogens is 1. The van der Waals surface area contributed by atoms with E-state index < -0.39 is 0 Å². The number of nitrogens with one attached hydrogen (secondary N) is 2. The molecule has 0 saturated carbocycles. The highest BCUT2D eigenvalue weighted by atomic mass is 32.1. The maximum absolute atomic E-state index is 5.74. The summed E-state index contributed by atoms with van der Waals surface area (Å²) < 4.78 is 0. The van der Waals surface area contributed by atoms with Crippen molar-refractivity contribution in [1.82, 2.24) is 15.3 Å². The monoisotopic (exact) mass is 362 g/mol. The van der Waals surface area contributed by atoms with Crippen molar-refractivity contribution >= 4 is 23.0 Å². The predicted molar refractivity (Wildman–Crippen MR) is 109 cm³/mol. The van der Waals surface area contributed by atoms with Gasteiger partial charge in [-0.2, -0.15) is 0 Å². The molecule has 2 aromatic heterocycles. The zero-order valence-corrected chi connectivity index (χ0v) is 16.0. The molecule has 132 valence electrons. The highest BCUT2D eigenvalue weighted by Crippen LogP contribution is 2.42. The van der Waals surface area contributed by atoms with Crippen LogP contribution in [0.1, 0.15) is 40.3 Å². The summed E-state index contributed by atoms with van der Waals surface area (Å²) in [4.78, 5) is 10.2. The fourth-order valence-corrected chi connectivity index (χ4v) is 4.05. The second-order valence-corrected chi connectivity index (χ2v) is 7.25. The third-order valence-corrected chi connectivity index (χ3v) is 5.23. The molecule has 0 aliphatic carbocycles. The van der Waals surface area contributed by atoms with Gasteiger partial charge in [-0.25, -0.2) is 0 Å². The Hall–Kier alpha value is -2.66. The summed E-state index contributed by atoms with van der Waals surface area (Å²) in [5.74, 6) is 0. The minimum absolute atomic E-state index is 0.00102. The van der Waals surface area contributed by atoms with Gasteiger partial charge in [0.05, 0.1) is 17.8 Å². The molecule has 4 nitrogen and oxygen atoms in total. The first-order chi connectivity index (χ1) is 12.5. The van der Waals surface area contributed by atoms with Crippen molar-refractivity contribution < 1.29 is 0 Å². The third-order valence-electron chi connectivity index (χ3n) is 4.92. The summed E-state index contributed by atoms with van der Waals surface area (Å²) in [6.07, 6.45) is 1.83. The van der Waals surface area contributed by atoms with Gasteiger partial charge in [0, 0.05) is 23.3 Å². The molecular weight excluding hydrogens is 340 g/mol. The van der Waals surface area contributed by atoms with Gasteiger partial charge in [0.1, 0.15) is 0 Å². The number of hydrogen-bond donors (Lipinski definition) is 2. The SMILES string of the molecule is Cc1ccc(N2C(=S)NC(c3ccccn3)C2c2cc(C)[nH]c2C)cc1. The van der Waals surface area contributed by atoms with Gasteiger partial charge in [0.25, 0.3) is 0 Å². The molecule has 3 aromatic rings. The first-order valence-electron chi connectivity index (χ1n) is 8.78. The standard InChI is InChI=1S/C21H22N4S/c1-13-7-9-16(10-8-13)25-20(17-12-14(2)23-15(17)3)19(24-21(25)26)18-6-4-5-11-22-18/h4-12,19-20,23H,1-3H3,(H,24,26). The molecule has 26 heavy (non-hydrogen) atoms. The topological polar surface area (TPSA) is 44.0 Å². The van der Waals surface area contributed by atoms with Crippen LogP contribution in [-0.2, 0) is 0 Å². The van der Waals surface area contributed by atoms with Crippen LogP contribution >= 0.6 is 12.2 Å². The van der Waals surface area contributed by atoms with E-state index in [1.807, 2.05) is 18.3 Å². The Morgan fingerprint density at radius 2 is 1.81 bits per heavy atom. The second kappa shape index (κ2) is 6.57. The summed E-state index contributed by atoms with van der Waals surface area (Å²) in [5.41, 5.74) is 6.88. The lowest BCUT2D eigenvalue weighted by molar-refractivity contribution is 0.566. The molecule has 1 fully saturated rings. The Labute approximate surface area is 159 Å². The van der Waals surface area contributed by atoms with E-state index in [9.17, 15) is 0 Å². The summed E-state index contributed by atoms with van der Waals surface area (Å²) >= 11 is 5.74. The Morgan fingerprint density at radius 3 is 2.42 bits per heavy atom. The van der Waals surface area contributed by atoms with E-state index in [4.69, 9.17) is 12.2 Å². The van der Waals surface area contributed by atoms with Gasteiger partial charge in [-0.05, 0) is 68.9 Å². The quantitative estimate of drug-likeness (QED) is 0.673. The van der Waals surface area contributed by atoms with Crippen molar-refractivity contribution in [2.24, 2.45) is 0 Å². The number of aromatic nitrogens is 2. The maximum Gasteiger partial charge on any atom is 0.174 e. The summed E-state index contributed by atoms with van der Waals surface area (Å²) in [5, 5.41) is 4.23. The molecule has 3 heterocycles. The van der Waals surface area contributed by atoms with E-state index in [0.717, 1.165) is 27.9 Å². The van der Waals surface area contributed by atoms with Gasteiger partial charge < -0.3 is 15.2 Å². The minimum atomic E-state index is -0.00102. The van der Waals surface area contributed by atoms with Gasteiger partial charge in [-0.3, -0.25) is 4.98 Å². The highest BCUT2D eigenvalue weighted by Gasteiger charge is 2.41. The van der Waals surface area contributed by atoms with Crippen molar-refractivity contribution in [3.8, 4) is 0 Å². The summed E-state index contributed by atoms with van der Waals surface area (Å²) in [6.45, 7) is 6.30. The van der Waals surface area contributed by atoms with Crippen LogP contribution in [0, 0.1) is 20.8 Å². The molecule has 2 unspecified atom stereocenters. The second-order valence-electron chi connectivity index (χ2n) is 6.86. The first kappa shape index (κ1) is 16.8. The average molecular weight is 363 g/mol. The lowest BCUT2D eigenvalue weighted by Crippen LogP contribution is -2.29. The van der Waals surface area contributed by atoms with Crippen molar-refractivity contribution in [2.45, 2.75) is 32.9 Å². The van der Waals surface area contributed by atoms with Crippen molar-refractivity contribution in [2.75, 3.05) is 4.90 Å². The van der Waals surface area contributed by atoms with Crippen LogP contribution in [0.2, 0.25) is 0 Å². The number of anilines is 1. The van der Waals surface area contributed by atoms with Crippen LogP contribution in [-0.4, -0.2) is 15.1 Å². The fourth-order valence-electron chi connectivity index (χ4n) is 3.71. The summed E-state index contributed by atoms with van der Waals surface area (Å²) in [7, 11) is 0. The molecule has 0 spiro atoms.